The van der Waals surface area contributed by atoms with Crippen LogP contribution in [0.4, 0.5) is 0 Å². The molecule has 1 heterocycles. The number of nitrogens with zero attached hydrogens (tertiary/aromatic N) is 1. The summed E-state index contributed by atoms with van der Waals surface area (Å²) in [4.78, 5) is 0. The van der Waals surface area contributed by atoms with Crippen LogP contribution in [-0.4, -0.2) is 33.8 Å². The van der Waals surface area contributed by atoms with Crippen LogP contribution < -0.4 is 5.84 Å². The van der Waals surface area contributed by atoms with E-state index in [4.69, 9.17) is 5.84 Å². The van der Waals surface area contributed by atoms with Crippen molar-refractivity contribution in [2.45, 2.75) is 12.5 Å². The molecule has 2 atom stereocenters. The van der Waals surface area contributed by atoms with Crippen LogP contribution in [-0.2, 0) is 10.8 Å². The molecule has 0 bridgehead atoms. The molecule has 0 aliphatic carbocycles. The van der Waals surface area contributed by atoms with Gasteiger partial charge in [-0.1, -0.05) is 0 Å². The van der Waals surface area contributed by atoms with Crippen molar-refractivity contribution in [1.29, 1.82) is 0 Å². The topological polar surface area (TPSA) is 46.3 Å². The Kier molecular flexibility index (Phi) is 2.21. The molecule has 0 aromatic carbocycles. The predicted octanol–water partition coefficient (Wildman–Crippen LogP) is -0.687. The molecule has 4 heteroatoms. The lowest BCUT2D eigenvalue weighted by atomic mass is 10.3. The second kappa shape index (κ2) is 2.77. The van der Waals surface area contributed by atoms with Crippen LogP contribution in [0.25, 0.3) is 0 Å². The van der Waals surface area contributed by atoms with Crippen molar-refractivity contribution in [1.82, 2.24) is 5.01 Å². The van der Waals surface area contributed by atoms with Crippen LogP contribution in [0.15, 0.2) is 0 Å². The van der Waals surface area contributed by atoms with Gasteiger partial charge in [0.2, 0.25) is 0 Å². The van der Waals surface area contributed by atoms with Gasteiger partial charge in [-0.2, -0.15) is 0 Å². The highest BCUT2D eigenvalue weighted by Gasteiger charge is 2.22. The average molecular weight is 148 g/mol. The van der Waals surface area contributed by atoms with Crippen LogP contribution in [0.2, 0.25) is 0 Å². The fraction of sp³-hybridized carbons (Fsp3) is 1.00. The Morgan fingerprint density at radius 1 is 1.78 bits per heavy atom. The van der Waals surface area contributed by atoms with Gasteiger partial charge < -0.3 is 0 Å². The molecule has 1 aliphatic heterocycles. The first-order valence-corrected chi connectivity index (χ1v) is 4.51. The number of hydrogen-bond acceptors (Lipinski definition) is 3. The van der Waals surface area contributed by atoms with Gasteiger partial charge in [-0.05, 0) is 6.42 Å². The molecule has 1 fully saturated rings. The summed E-state index contributed by atoms with van der Waals surface area (Å²) in [5, 5.41) is 1.66. The van der Waals surface area contributed by atoms with E-state index in [1.807, 2.05) is 7.05 Å². The van der Waals surface area contributed by atoms with Gasteiger partial charge in [-0.3, -0.25) is 10.1 Å². The highest BCUT2D eigenvalue weighted by atomic mass is 32.2. The van der Waals surface area contributed by atoms with Gasteiger partial charge >= 0.3 is 0 Å². The molecule has 2 unspecified atom stereocenters. The molecule has 0 amide bonds. The van der Waals surface area contributed by atoms with Crippen molar-refractivity contribution in [2.75, 3.05) is 18.6 Å². The molecule has 1 saturated heterocycles. The van der Waals surface area contributed by atoms with Crippen LogP contribution in [0.1, 0.15) is 6.42 Å². The molecule has 2 N–H and O–H groups in total. The molecular weight excluding hydrogens is 136 g/mol. The van der Waals surface area contributed by atoms with Crippen LogP contribution in [0, 0.1) is 0 Å². The maximum atomic E-state index is 10.8. The normalized spacial score (nSPS) is 35.9. The lowest BCUT2D eigenvalue weighted by Gasteiger charge is -2.15. The SMILES string of the molecule is CN(N)C1CCS(=O)C1. The van der Waals surface area contributed by atoms with Crippen molar-refractivity contribution < 1.29 is 4.21 Å². The average Bonchev–Trinajstić information content (AvgIpc) is 2.14. The predicted molar refractivity (Wildman–Crippen MR) is 38.2 cm³/mol. The van der Waals surface area contributed by atoms with E-state index in [-0.39, 0.29) is 0 Å². The zero-order valence-corrected chi connectivity index (χ0v) is 6.36. The highest BCUT2D eigenvalue weighted by Crippen LogP contribution is 2.09. The van der Waals surface area contributed by atoms with E-state index < -0.39 is 10.8 Å². The van der Waals surface area contributed by atoms with Gasteiger partial charge in [0.05, 0.1) is 0 Å². The Morgan fingerprint density at radius 2 is 2.44 bits per heavy atom. The van der Waals surface area contributed by atoms with Gasteiger partial charge in [0.25, 0.3) is 0 Å². The standard InChI is InChI=1S/C5H12N2OS/c1-7(6)5-2-3-9(8)4-5/h5H,2-4,6H2,1H3. The summed E-state index contributed by atoms with van der Waals surface area (Å²) in [7, 11) is 1.23. The summed E-state index contributed by atoms with van der Waals surface area (Å²) in [6, 6.07) is 0.353. The molecule has 0 radical (unpaired) electrons. The number of nitrogens with two attached hydrogens (primary N) is 1. The molecule has 9 heavy (non-hydrogen) atoms. The van der Waals surface area contributed by atoms with E-state index in [0.717, 1.165) is 17.9 Å². The summed E-state index contributed by atoms with van der Waals surface area (Å²) in [5.41, 5.74) is 0. The maximum Gasteiger partial charge on any atom is 0.0405 e. The van der Waals surface area contributed by atoms with Gasteiger partial charge in [0, 0.05) is 35.4 Å². The molecule has 0 spiro atoms. The summed E-state index contributed by atoms with van der Waals surface area (Å²) in [6.07, 6.45) is 0.986. The minimum atomic E-state index is -0.595. The molecule has 1 rings (SSSR count). The third-order valence-electron chi connectivity index (χ3n) is 1.63. The third kappa shape index (κ3) is 1.74. The Hall–Kier alpha value is 0.0700. The largest absolute Gasteiger partial charge is 0.269 e. The van der Waals surface area contributed by atoms with Crippen molar-refractivity contribution in [3.05, 3.63) is 0 Å². The zero-order valence-electron chi connectivity index (χ0n) is 5.54. The van der Waals surface area contributed by atoms with E-state index in [2.05, 4.69) is 0 Å². The van der Waals surface area contributed by atoms with Crippen LogP contribution >= 0.6 is 0 Å². The van der Waals surface area contributed by atoms with Gasteiger partial charge in [-0.25, -0.2) is 5.01 Å². The molecular formula is C5H12N2OS. The molecule has 0 aromatic heterocycles. The fourth-order valence-corrected chi connectivity index (χ4v) is 2.50. The number of hydrazine groups is 1. The Labute approximate surface area is 57.6 Å². The zero-order chi connectivity index (χ0) is 6.85. The molecule has 0 aromatic rings. The Morgan fingerprint density at radius 3 is 2.67 bits per heavy atom. The van der Waals surface area contributed by atoms with E-state index in [1.165, 1.54) is 0 Å². The summed E-state index contributed by atoms with van der Waals surface area (Å²) < 4.78 is 10.8. The second-order valence-corrected chi connectivity index (χ2v) is 4.04. The first kappa shape index (κ1) is 7.18. The quantitative estimate of drug-likeness (QED) is 0.395. The molecule has 3 nitrogen and oxygen atoms in total. The van der Waals surface area contributed by atoms with Crippen LogP contribution in [0.3, 0.4) is 0 Å². The Bertz CT molecular complexity index is 126. The second-order valence-electron chi connectivity index (χ2n) is 2.42. The minimum Gasteiger partial charge on any atom is -0.269 e. The molecule has 1 aliphatic rings. The lowest BCUT2D eigenvalue weighted by Crippen LogP contribution is -2.37. The first-order chi connectivity index (χ1) is 4.20. The number of hydrogen-bond donors (Lipinski definition) is 1. The first-order valence-electron chi connectivity index (χ1n) is 3.02. The highest BCUT2D eigenvalue weighted by molar-refractivity contribution is 7.85. The van der Waals surface area contributed by atoms with Crippen molar-refractivity contribution in [2.24, 2.45) is 5.84 Å². The smallest absolute Gasteiger partial charge is 0.0405 e. The van der Waals surface area contributed by atoms with Gasteiger partial charge in [-0.15, -0.1) is 0 Å². The summed E-state index contributed by atoms with van der Waals surface area (Å²) >= 11 is 0. The molecule has 54 valence electrons. The van der Waals surface area contributed by atoms with Gasteiger partial charge in [0.1, 0.15) is 0 Å². The van der Waals surface area contributed by atoms with E-state index in [1.54, 1.807) is 5.01 Å². The van der Waals surface area contributed by atoms with E-state index >= 15 is 0 Å². The van der Waals surface area contributed by atoms with Crippen molar-refractivity contribution in [3.63, 3.8) is 0 Å². The van der Waals surface area contributed by atoms with Crippen molar-refractivity contribution >= 4 is 10.8 Å². The maximum absolute atomic E-state index is 10.8. The van der Waals surface area contributed by atoms with Crippen LogP contribution in [0.5, 0.6) is 0 Å². The number of rotatable bonds is 1. The summed E-state index contributed by atoms with van der Waals surface area (Å²) in [6.45, 7) is 0. The third-order valence-corrected chi connectivity index (χ3v) is 3.08. The monoisotopic (exact) mass is 148 g/mol. The van der Waals surface area contributed by atoms with E-state index in [9.17, 15) is 4.21 Å². The lowest BCUT2D eigenvalue weighted by molar-refractivity contribution is 0.271. The fourth-order valence-electron chi connectivity index (χ4n) is 0.970. The molecule has 0 saturated carbocycles. The Balaban J connectivity index is 2.39. The van der Waals surface area contributed by atoms with Crippen molar-refractivity contribution in [3.8, 4) is 0 Å². The van der Waals surface area contributed by atoms with Gasteiger partial charge in [0.15, 0.2) is 0 Å². The minimum absolute atomic E-state index is 0.353. The summed E-state index contributed by atoms with van der Waals surface area (Å²) in [5.74, 6) is 7.04. The van der Waals surface area contributed by atoms with E-state index in [0.29, 0.717) is 6.04 Å².